The van der Waals surface area contributed by atoms with E-state index in [9.17, 15) is 0 Å². The molecule has 0 aliphatic rings. The maximum atomic E-state index is 5.98. The minimum atomic E-state index is 0.468. The summed E-state index contributed by atoms with van der Waals surface area (Å²) in [6.07, 6.45) is 1.98. The molecule has 0 aromatic heterocycles. The third kappa shape index (κ3) is 6.39. The van der Waals surface area contributed by atoms with Crippen LogP contribution in [0.2, 0.25) is 5.02 Å². The standard InChI is InChI=1S/C15H24ClNO/c1-12(2)11-18-7-6-14(10-17)8-13-4-3-5-15(16)9-13/h3-5,9,12,14H,6-8,10-11,17H2,1-2H3. The van der Waals surface area contributed by atoms with E-state index in [1.54, 1.807) is 0 Å². The van der Waals surface area contributed by atoms with Crippen molar-refractivity contribution in [3.63, 3.8) is 0 Å². The van der Waals surface area contributed by atoms with Crippen LogP contribution in [0.3, 0.4) is 0 Å². The SMILES string of the molecule is CC(C)COCCC(CN)Cc1cccc(Cl)c1. The Balaban J connectivity index is 2.33. The highest BCUT2D eigenvalue weighted by molar-refractivity contribution is 6.30. The van der Waals surface area contributed by atoms with Gasteiger partial charge >= 0.3 is 0 Å². The predicted molar refractivity (Wildman–Crippen MR) is 78.0 cm³/mol. The Bertz CT molecular complexity index is 341. The van der Waals surface area contributed by atoms with E-state index in [2.05, 4.69) is 19.9 Å². The van der Waals surface area contributed by atoms with Crippen molar-refractivity contribution in [2.45, 2.75) is 26.7 Å². The molecule has 1 rings (SSSR count). The van der Waals surface area contributed by atoms with Gasteiger partial charge in [0.05, 0.1) is 0 Å². The molecule has 0 fully saturated rings. The molecule has 2 N–H and O–H groups in total. The normalized spacial score (nSPS) is 12.9. The van der Waals surface area contributed by atoms with Crippen molar-refractivity contribution < 1.29 is 4.74 Å². The van der Waals surface area contributed by atoms with Crippen molar-refractivity contribution in [3.8, 4) is 0 Å². The van der Waals surface area contributed by atoms with Crippen LogP contribution in [-0.2, 0) is 11.2 Å². The van der Waals surface area contributed by atoms with Crippen LogP contribution in [0.4, 0.5) is 0 Å². The molecule has 0 saturated heterocycles. The van der Waals surface area contributed by atoms with Crippen molar-refractivity contribution in [1.82, 2.24) is 0 Å². The average Bonchev–Trinajstić information content (AvgIpc) is 2.33. The molecule has 102 valence electrons. The average molecular weight is 270 g/mol. The molecule has 0 heterocycles. The maximum Gasteiger partial charge on any atom is 0.0488 e. The lowest BCUT2D eigenvalue weighted by molar-refractivity contribution is 0.0984. The van der Waals surface area contributed by atoms with Gasteiger partial charge in [-0.2, -0.15) is 0 Å². The van der Waals surface area contributed by atoms with Gasteiger partial charge in [0, 0.05) is 18.2 Å². The summed E-state index contributed by atoms with van der Waals surface area (Å²) in [5.74, 6) is 1.06. The van der Waals surface area contributed by atoms with Gasteiger partial charge < -0.3 is 10.5 Å². The number of hydrogen-bond acceptors (Lipinski definition) is 2. The first-order chi connectivity index (χ1) is 8.61. The van der Waals surface area contributed by atoms with Crippen LogP contribution >= 0.6 is 11.6 Å². The Kier molecular flexibility index (Phi) is 7.33. The van der Waals surface area contributed by atoms with Gasteiger partial charge in [0.25, 0.3) is 0 Å². The van der Waals surface area contributed by atoms with Gasteiger partial charge in [-0.3, -0.25) is 0 Å². The van der Waals surface area contributed by atoms with Gasteiger partial charge in [-0.05, 0) is 48.9 Å². The monoisotopic (exact) mass is 269 g/mol. The molecule has 0 radical (unpaired) electrons. The number of halogens is 1. The molecular formula is C15H24ClNO. The second kappa shape index (κ2) is 8.52. The summed E-state index contributed by atoms with van der Waals surface area (Å²) in [4.78, 5) is 0. The Morgan fingerprint density at radius 1 is 1.33 bits per heavy atom. The number of ether oxygens (including phenoxy) is 1. The van der Waals surface area contributed by atoms with Gasteiger partial charge in [-0.1, -0.05) is 37.6 Å². The molecular weight excluding hydrogens is 246 g/mol. The fourth-order valence-electron chi connectivity index (χ4n) is 1.87. The lowest BCUT2D eigenvalue weighted by Crippen LogP contribution is -2.19. The van der Waals surface area contributed by atoms with E-state index < -0.39 is 0 Å². The lowest BCUT2D eigenvalue weighted by atomic mass is 9.97. The van der Waals surface area contributed by atoms with Crippen LogP contribution in [0.25, 0.3) is 0 Å². The summed E-state index contributed by atoms with van der Waals surface area (Å²) in [5, 5.41) is 0.791. The molecule has 0 bridgehead atoms. The van der Waals surface area contributed by atoms with E-state index in [0.717, 1.165) is 31.1 Å². The Morgan fingerprint density at radius 3 is 2.72 bits per heavy atom. The Hall–Kier alpha value is -0.570. The first-order valence-electron chi connectivity index (χ1n) is 6.64. The van der Waals surface area contributed by atoms with Crippen molar-refractivity contribution in [2.24, 2.45) is 17.6 Å². The van der Waals surface area contributed by atoms with Crippen LogP contribution in [0.1, 0.15) is 25.8 Å². The number of hydrogen-bond donors (Lipinski definition) is 1. The fourth-order valence-corrected chi connectivity index (χ4v) is 2.08. The lowest BCUT2D eigenvalue weighted by Gasteiger charge is -2.15. The molecule has 0 spiro atoms. The van der Waals surface area contributed by atoms with E-state index in [1.165, 1.54) is 5.56 Å². The second-order valence-electron chi connectivity index (χ2n) is 5.19. The van der Waals surface area contributed by atoms with Crippen LogP contribution in [-0.4, -0.2) is 19.8 Å². The quantitative estimate of drug-likeness (QED) is 0.733. The first-order valence-corrected chi connectivity index (χ1v) is 7.02. The van der Waals surface area contributed by atoms with E-state index in [-0.39, 0.29) is 0 Å². The molecule has 3 heteroatoms. The van der Waals surface area contributed by atoms with Crippen molar-refractivity contribution in [1.29, 1.82) is 0 Å². The summed E-state index contributed by atoms with van der Waals surface area (Å²) < 4.78 is 5.61. The Morgan fingerprint density at radius 2 is 2.11 bits per heavy atom. The molecule has 1 aromatic rings. The Labute approximate surface area is 115 Å². The van der Waals surface area contributed by atoms with E-state index in [1.807, 2.05) is 18.2 Å². The molecule has 1 unspecified atom stereocenters. The zero-order valence-electron chi connectivity index (χ0n) is 11.4. The molecule has 0 aliphatic carbocycles. The molecule has 1 aromatic carbocycles. The first kappa shape index (κ1) is 15.5. The van der Waals surface area contributed by atoms with Gasteiger partial charge in [0.1, 0.15) is 0 Å². The van der Waals surface area contributed by atoms with Gasteiger partial charge in [-0.25, -0.2) is 0 Å². The molecule has 0 aliphatic heterocycles. The van der Waals surface area contributed by atoms with E-state index in [4.69, 9.17) is 22.1 Å². The summed E-state index contributed by atoms with van der Waals surface area (Å²) >= 11 is 5.98. The maximum absolute atomic E-state index is 5.98. The highest BCUT2D eigenvalue weighted by Gasteiger charge is 2.08. The zero-order valence-corrected chi connectivity index (χ0v) is 12.1. The smallest absolute Gasteiger partial charge is 0.0488 e. The van der Waals surface area contributed by atoms with Crippen molar-refractivity contribution in [2.75, 3.05) is 19.8 Å². The summed E-state index contributed by atoms with van der Waals surface area (Å²) in [7, 11) is 0. The number of nitrogens with two attached hydrogens (primary N) is 1. The molecule has 2 nitrogen and oxygen atoms in total. The van der Waals surface area contributed by atoms with E-state index in [0.29, 0.717) is 18.4 Å². The summed E-state index contributed by atoms with van der Waals surface area (Å²) in [5.41, 5.74) is 7.06. The molecule has 1 atom stereocenters. The molecule has 0 saturated carbocycles. The van der Waals surface area contributed by atoms with Crippen molar-refractivity contribution in [3.05, 3.63) is 34.9 Å². The van der Waals surface area contributed by atoms with Crippen molar-refractivity contribution >= 4 is 11.6 Å². The third-order valence-electron chi connectivity index (χ3n) is 2.87. The molecule has 18 heavy (non-hydrogen) atoms. The summed E-state index contributed by atoms with van der Waals surface area (Å²) in [6.45, 7) is 6.63. The zero-order chi connectivity index (χ0) is 13.4. The topological polar surface area (TPSA) is 35.2 Å². The minimum absolute atomic E-state index is 0.468. The highest BCUT2D eigenvalue weighted by Crippen LogP contribution is 2.16. The van der Waals surface area contributed by atoms with Gasteiger partial charge in [0.2, 0.25) is 0 Å². The second-order valence-corrected chi connectivity index (χ2v) is 5.63. The predicted octanol–water partition coefficient (Wildman–Crippen LogP) is 3.52. The fraction of sp³-hybridized carbons (Fsp3) is 0.600. The number of rotatable bonds is 8. The van der Waals surface area contributed by atoms with Gasteiger partial charge in [0.15, 0.2) is 0 Å². The summed E-state index contributed by atoms with van der Waals surface area (Å²) in [6, 6.07) is 8.00. The number of benzene rings is 1. The highest BCUT2D eigenvalue weighted by atomic mass is 35.5. The van der Waals surface area contributed by atoms with Crippen LogP contribution in [0.15, 0.2) is 24.3 Å². The van der Waals surface area contributed by atoms with Crippen LogP contribution < -0.4 is 5.73 Å². The minimum Gasteiger partial charge on any atom is -0.381 e. The largest absolute Gasteiger partial charge is 0.381 e. The van der Waals surface area contributed by atoms with E-state index >= 15 is 0 Å². The third-order valence-corrected chi connectivity index (χ3v) is 3.10. The van der Waals surface area contributed by atoms with Crippen LogP contribution in [0, 0.1) is 11.8 Å². The van der Waals surface area contributed by atoms with Crippen LogP contribution in [0.5, 0.6) is 0 Å². The molecule has 0 amide bonds. The van der Waals surface area contributed by atoms with Gasteiger partial charge in [-0.15, -0.1) is 0 Å².